The molecule has 5 heteroatoms. The molecule has 1 unspecified atom stereocenters. The zero-order chi connectivity index (χ0) is 13.6. The molecule has 2 N–H and O–H groups in total. The molecule has 0 radical (unpaired) electrons. The molecule has 0 bridgehead atoms. The Morgan fingerprint density at radius 1 is 1.37 bits per heavy atom. The normalized spacial score (nSPS) is 28.2. The third kappa shape index (κ3) is 1.58. The zero-order valence-corrected chi connectivity index (χ0v) is 11.5. The molecule has 19 heavy (non-hydrogen) atoms. The van der Waals surface area contributed by atoms with E-state index in [1.807, 2.05) is 37.6 Å². The molecule has 0 fully saturated rings. The number of allylic oxidation sites excluding steroid dienone is 3. The second-order valence-corrected chi connectivity index (χ2v) is 5.47. The Hall–Kier alpha value is -1.88. The lowest BCUT2D eigenvalue weighted by molar-refractivity contribution is 0.212. The standard InChI is InChI=1S/C14H19N5/c1-10(2)9-18-11(3)17-14-12(5-4-8-19(14)15)16-7-6-13(14)18/h4-8,10H,9,15H2,1-3H3. The molecule has 0 amide bonds. The minimum Gasteiger partial charge on any atom is -0.329 e. The number of hydrazine groups is 1. The van der Waals surface area contributed by atoms with Gasteiger partial charge in [0.05, 0.1) is 11.4 Å². The largest absolute Gasteiger partial charge is 0.329 e. The predicted octanol–water partition coefficient (Wildman–Crippen LogP) is 1.63. The molecule has 3 heterocycles. The molecule has 100 valence electrons. The summed E-state index contributed by atoms with van der Waals surface area (Å²) >= 11 is 0. The maximum absolute atomic E-state index is 6.18. The maximum Gasteiger partial charge on any atom is 0.230 e. The summed E-state index contributed by atoms with van der Waals surface area (Å²) in [6.07, 6.45) is 9.56. The Morgan fingerprint density at radius 3 is 2.89 bits per heavy atom. The molecular formula is C14H19N5. The highest BCUT2D eigenvalue weighted by Gasteiger charge is 2.51. The number of nitrogens with zero attached hydrogens (tertiary/aromatic N) is 4. The first-order valence-electron chi connectivity index (χ1n) is 6.57. The summed E-state index contributed by atoms with van der Waals surface area (Å²) in [4.78, 5) is 11.5. The molecule has 0 aromatic rings. The van der Waals surface area contributed by atoms with Crippen molar-refractivity contribution >= 4 is 12.1 Å². The fourth-order valence-electron chi connectivity index (χ4n) is 2.80. The van der Waals surface area contributed by atoms with Crippen molar-refractivity contribution in [3.05, 3.63) is 35.8 Å². The number of amidine groups is 1. The highest BCUT2D eigenvalue weighted by atomic mass is 15.5. The molecule has 0 aromatic carbocycles. The first-order valence-corrected chi connectivity index (χ1v) is 6.57. The van der Waals surface area contributed by atoms with E-state index in [0.29, 0.717) is 5.92 Å². The number of rotatable bonds is 2. The topological polar surface area (TPSA) is 57.2 Å². The number of dihydropyridines is 1. The van der Waals surface area contributed by atoms with Gasteiger partial charge in [0, 0.05) is 19.0 Å². The van der Waals surface area contributed by atoms with E-state index in [2.05, 4.69) is 23.7 Å². The van der Waals surface area contributed by atoms with E-state index >= 15 is 0 Å². The minimum atomic E-state index is -0.664. The van der Waals surface area contributed by atoms with Crippen molar-refractivity contribution in [2.45, 2.75) is 26.4 Å². The van der Waals surface area contributed by atoms with Gasteiger partial charge in [-0.15, -0.1) is 0 Å². The van der Waals surface area contributed by atoms with Crippen LogP contribution in [0.2, 0.25) is 0 Å². The van der Waals surface area contributed by atoms with Crippen LogP contribution >= 0.6 is 0 Å². The van der Waals surface area contributed by atoms with Crippen LogP contribution in [0.15, 0.2) is 45.8 Å². The Bertz CT molecular complexity index is 552. The number of hydrogen-bond acceptors (Lipinski definition) is 5. The number of aliphatic imine (C=N–C) groups is 2. The number of nitrogens with two attached hydrogens (primary N) is 1. The first kappa shape index (κ1) is 12.2. The van der Waals surface area contributed by atoms with E-state index in [0.717, 1.165) is 23.8 Å². The third-order valence-electron chi connectivity index (χ3n) is 3.59. The summed E-state index contributed by atoms with van der Waals surface area (Å²) in [7, 11) is 0. The Kier molecular flexibility index (Phi) is 2.60. The fraction of sp³-hybridized carbons (Fsp3) is 0.429. The van der Waals surface area contributed by atoms with Gasteiger partial charge in [0.2, 0.25) is 5.66 Å². The zero-order valence-electron chi connectivity index (χ0n) is 11.5. The highest BCUT2D eigenvalue weighted by molar-refractivity contribution is 5.90. The predicted molar refractivity (Wildman–Crippen MR) is 77.2 cm³/mol. The van der Waals surface area contributed by atoms with Crippen LogP contribution in [0.3, 0.4) is 0 Å². The van der Waals surface area contributed by atoms with Gasteiger partial charge in [-0.25, -0.2) is 10.8 Å². The van der Waals surface area contributed by atoms with Crippen molar-refractivity contribution in [1.82, 2.24) is 9.91 Å². The van der Waals surface area contributed by atoms with Crippen LogP contribution in [-0.2, 0) is 0 Å². The Morgan fingerprint density at radius 2 is 2.16 bits per heavy atom. The molecule has 0 aromatic heterocycles. The molecular weight excluding hydrogens is 238 g/mol. The molecule has 1 spiro atoms. The first-order chi connectivity index (χ1) is 9.05. The number of hydrogen-bond donors (Lipinski definition) is 1. The van der Waals surface area contributed by atoms with Crippen LogP contribution in [0.25, 0.3) is 0 Å². The van der Waals surface area contributed by atoms with Crippen molar-refractivity contribution in [2.24, 2.45) is 21.7 Å². The fourth-order valence-corrected chi connectivity index (χ4v) is 2.80. The second-order valence-electron chi connectivity index (χ2n) is 5.47. The van der Waals surface area contributed by atoms with Crippen molar-refractivity contribution in [2.75, 3.05) is 6.54 Å². The Labute approximate surface area is 113 Å². The molecule has 0 aliphatic carbocycles. The molecule has 5 nitrogen and oxygen atoms in total. The van der Waals surface area contributed by atoms with Crippen molar-refractivity contribution in [1.29, 1.82) is 0 Å². The summed E-state index contributed by atoms with van der Waals surface area (Å²) in [6, 6.07) is 0. The van der Waals surface area contributed by atoms with Gasteiger partial charge in [0.15, 0.2) is 0 Å². The quantitative estimate of drug-likeness (QED) is 0.765. The van der Waals surface area contributed by atoms with Crippen molar-refractivity contribution in [3.63, 3.8) is 0 Å². The van der Waals surface area contributed by atoms with Crippen LogP contribution in [0.5, 0.6) is 0 Å². The van der Waals surface area contributed by atoms with Gasteiger partial charge in [-0.3, -0.25) is 10.0 Å². The van der Waals surface area contributed by atoms with Gasteiger partial charge in [-0.2, -0.15) is 0 Å². The van der Waals surface area contributed by atoms with Gasteiger partial charge >= 0.3 is 0 Å². The van der Waals surface area contributed by atoms with Gasteiger partial charge in [-0.05, 0) is 31.1 Å². The van der Waals surface area contributed by atoms with Crippen LogP contribution in [0.4, 0.5) is 0 Å². The van der Waals surface area contributed by atoms with Gasteiger partial charge in [-0.1, -0.05) is 13.8 Å². The van der Waals surface area contributed by atoms with E-state index in [-0.39, 0.29) is 0 Å². The van der Waals surface area contributed by atoms with E-state index in [9.17, 15) is 0 Å². The second kappa shape index (κ2) is 4.06. The van der Waals surface area contributed by atoms with Crippen LogP contribution in [0.1, 0.15) is 20.8 Å². The average molecular weight is 257 g/mol. The molecule has 3 aliphatic heterocycles. The van der Waals surface area contributed by atoms with Crippen molar-refractivity contribution in [3.8, 4) is 0 Å². The summed E-state index contributed by atoms with van der Waals surface area (Å²) in [6.45, 7) is 7.36. The van der Waals surface area contributed by atoms with Gasteiger partial charge < -0.3 is 4.90 Å². The van der Waals surface area contributed by atoms with E-state index in [1.54, 1.807) is 5.01 Å². The summed E-state index contributed by atoms with van der Waals surface area (Å²) in [5, 5.41) is 1.65. The van der Waals surface area contributed by atoms with E-state index < -0.39 is 5.66 Å². The van der Waals surface area contributed by atoms with Crippen LogP contribution in [0, 0.1) is 5.92 Å². The molecule has 0 saturated carbocycles. The lowest BCUT2D eigenvalue weighted by atomic mass is 9.96. The van der Waals surface area contributed by atoms with Crippen LogP contribution < -0.4 is 5.84 Å². The monoisotopic (exact) mass is 257 g/mol. The van der Waals surface area contributed by atoms with Crippen molar-refractivity contribution < 1.29 is 0 Å². The average Bonchev–Trinajstić information content (AvgIpc) is 2.63. The molecule has 0 saturated heterocycles. The van der Waals surface area contributed by atoms with Gasteiger partial charge in [0.1, 0.15) is 5.84 Å². The lowest BCUT2D eigenvalue weighted by Gasteiger charge is -2.40. The molecule has 1 atom stereocenters. The maximum atomic E-state index is 6.18. The summed E-state index contributed by atoms with van der Waals surface area (Å²) < 4.78 is 0. The summed E-state index contributed by atoms with van der Waals surface area (Å²) in [5.41, 5.74) is 1.30. The Balaban J connectivity index is 2.10. The minimum absolute atomic E-state index is 0.554. The highest BCUT2D eigenvalue weighted by Crippen LogP contribution is 2.43. The molecule has 3 rings (SSSR count). The summed E-state index contributed by atoms with van der Waals surface area (Å²) in [5.74, 6) is 7.72. The smallest absolute Gasteiger partial charge is 0.230 e. The van der Waals surface area contributed by atoms with Crippen LogP contribution in [-0.4, -0.2) is 34.2 Å². The SMILES string of the molecule is CC1=NC23C(=CC=CN2N)N=CC=C3N1CC(C)C. The third-order valence-corrected chi connectivity index (χ3v) is 3.59. The van der Waals surface area contributed by atoms with E-state index in [1.165, 1.54) is 0 Å². The van der Waals surface area contributed by atoms with Gasteiger partial charge in [0.25, 0.3) is 0 Å². The molecule has 3 aliphatic rings. The lowest BCUT2D eigenvalue weighted by Crippen LogP contribution is -2.53. The van der Waals surface area contributed by atoms with E-state index in [4.69, 9.17) is 10.8 Å².